The number of ether oxygens (including phenoxy) is 1. The van der Waals surface area contributed by atoms with Crippen molar-refractivity contribution >= 4 is 27.5 Å². The van der Waals surface area contributed by atoms with Crippen molar-refractivity contribution in [3.8, 4) is 11.3 Å². The molecule has 0 saturated carbocycles. The Balaban J connectivity index is 1.42. The maximum absolute atomic E-state index is 13.0. The quantitative estimate of drug-likeness (QED) is 0.761. The van der Waals surface area contributed by atoms with Gasteiger partial charge in [0.25, 0.3) is 0 Å². The molecule has 1 aromatic carbocycles. The highest BCUT2D eigenvalue weighted by atomic mass is 32.1. The minimum absolute atomic E-state index is 0.266. The molecule has 1 N–H and O–H groups in total. The number of amides is 1. The van der Waals surface area contributed by atoms with Crippen molar-refractivity contribution in [1.29, 1.82) is 0 Å². The van der Waals surface area contributed by atoms with Gasteiger partial charge in [0.2, 0.25) is 10.1 Å². The summed E-state index contributed by atoms with van der Waals surface area (Å²) in [5.41, 5.74) is 1.62. The second-order valence-electron chi connectivity index (χ2n) is 6.14. The van der Waals surface area contributed by atoms with Gasteiger partial charge >= 0.3 is 6.09 Å². The van der Waals surface area contributed by atoms with Crippen LogP contribution in [0.2, 0.25) is 0 Å². The zero-order valence-corrected chi connectivity index (χ0v) is 15.0. The van der Waals surface area contributed by atoms with E-state index in [-0.39, 0.29) is 18.0 Å². The second kappa shape index (κ2) is 6.91. The first kappa shape index (κ1) is 16.8. The fourth-order valence-electron chi connectivity index (χ4n) is 3.03. The van der Waals surface area contributed by atoms with Crippen molar-refractivity contribution < 1.29 is 13.9 Å². The second-order valence-corrected chi connectivity index (χ2v) is 7.10. The van der Waals surface area contributed by atoms with Crippen molar-refractivity contribution in [2.45, 2.75) is 18.9 Å². The SMILES string of the molecule is COC(=O)N1CCC(Nc2nn3cc(-c4ccc(F)cc4)nc3s2)CC1. The predicted octanol–water partition coefficient (Wildman–Crippen LogP) is 3.24. The summed E-state index contributed by atoms with van der Waals surface area (Å²) < 4.78 is 19.5. The molecular formula is C17H18FN5O2S. The lowest BCUT2D eigenvalue weighted by atomic mass is 10.1. The number of imidazole rings is 1. The molecule has 0 unspecified atom stereocenters. The summed E-state index contributed by atoms with van der Waals surface area (Å²) in [7, 11) is 1.40. The molecule has 0 bridgehead atoms. The maximum Gasteiger partial charge on any atom is 0.409 e. The molecule has 0 spiro atoms. The van der Waals surface area contributed by atoms with E-state index in [1.165, 1.54) is 30.6 Å². The maximum atomic E-state index is 13.0. The average molecular weight is 375 g/mol. The van der Waals surface area contributed by atoms with E-state index in [2.05, 4.69) is 15.4 Å². The van der Waals surface area contributed by atoms with Gasteiger partial charge in [0.05, 0.1) is 19.0 Å². The zero-order valence-electron chi connectivity index (χ0n) is 14.2. The summed E-state index contributed by atoms with van der Waals surface area (Å²) in [4.78, 5) is 18.6. The van der Waals surface area contributed by atoms with Gasteiger partial charge in [0, 0.05) is 24.7 Å². The summed E-state index contributed by atoms with van der Waals surface area (Å²) in [6, 6.07) is 6.52. The zero-order chi connectivity index (χ0) is 18.1. The number of fused-ring (bicyclic) bond motifs is 1. The number of halogens is 1. The molecule has 0 atom stereocenters. The first-order chi connectivity index (χ1) is 12.6. The molecule has 1 amide bonds. The van der Waals surface area contributed by atoms with Crippen LogP contribution < -0.4 is 5.32 Å². The molecule has 1 fully saturated rings. The number of benzene rings is 1. The smallest absolute Gasteiger partial charge is 0.409 e. The van der Waals surface area contributed by atoms with Crippen LogP contribution in [0.3, 0.4) is 0 Å². The van der Waals surface area contributed by atoms with Gasteiger partial charge < -0.3 is 15.0 Å². The number of anilines is 1. The van der Waals surface area contributed by atoms with Crippen LogP contribution in [0.5, 0.6) is 0 Å². The monoisotopic (exact) mass is 375 g/mol. The van der Waals surface area contributed by atoms with Crippen LogP contribution in [0.4, 0.5) is 14.3 Å². The van der Waals surface area contributed by atoms with Crippen LogP contribution in [0.15, 0.2) is 30.5 Å². The summed E-state index contributed by atoms with van der Waals surface area (Å²) >= 11 is 1.47. The average Bonchev–Trinajstić information content (AvgIpc) is 3.21. The number of methoxy groups -OCH3 is 1. The van der Waals surface area contributed by atoms with Gasteiger partial charge in [-0.05, 0) is 37.1 Å². The number of nitrogens with one attached hydrogen (secondary N) is 1. The van der Waals surface area contributed by atoms with Gasteiger partial charge in [-0.25, -0.2) is 18.7 Å². The van der Waals surface area contributed by atoms with E-state index in [1.54, 1.807) is 21.5 Å². The molecule has 1 saturated heterocycles. The Morgan fingerprint density at radius 3 is 2.69 bits per heavy atom. The Morgan fingerprint density at radius 1 is 1.31 bits per heavy atom. The van der Waals surface area contributed by atoms with E-state index in [1.807, 2.05) is 6.20 Å². The fraction of sp³-hybridized carbons (Fsp3) is 0.353. The summed E-state index contributed by atoms with van der Waals surface area (Å²) in [6.45, 7) is 1.34. The van der Waals surface area contributed by atoms with Gasteiger partial charge in [-0.2, -0.15) is 0 Å². The van der Waals surface area contributed by atoms with E-state index >= 15 is 0 Å². The minimum atomic E-state index is -0.274. The van der Waals surface area contributed by atoms with Crippen molar-refractivity contribution in [2.75, 3.05) is 25.5 Å². The molecule has 4 rings (SSSR count). The van der Waals surface area contributed by atoms with Gasteiger partial charge in [0.15, 0.2) is 0 Å². The highest BCUT2D eigenvalue weighted by molar-refractivity contribution is 7.20. The number of nitrogens with zero attached hydrogens (tertiary/aromatic N) is 4. The topological polar surface area (TPSA) is 71.8 Å². The summed E-state index contributed by atoms with van der Waals surface area (Å²) in [5.74, 6) is -0.266. The Kier molecular flexibility index (Phi) is 4.46. The lowest BCUT2D eigenvalue weighted by molar-refractivity contribution is 0.113. The Bertz CT molecular complexity index is 884. The van der Waals surface area contributed by atoms with Gasteiger partial charge in [-0.15, -0.1) is 5.10 Å². The first-order valence-corrected chi connectivity index (χ1v) is 9.15. The van der Waals surface area contributed by atoms with Crippen LogP contribution in [-0.2, 0) is 4.74 Å². The van der Waals surface area contributed by atoms with Crippen LogP contribution in [0.25, 0.3) is 16.2 Å². The molecular weight excluding hydrogens is 357 g/mol. The first-order valence-electron chi connectivity index (χ1n) is 8.34. The van der Waals surface area contributed by atoms with Crippen molar-refractivity contribution in [1.82, 2.24) is 19.5 Å². The van der Waals surface area contributed by atoms with Crippen molar-refractivity contribution in [2.24, 2.45) is 0 Å². The number of piperidine rings is 1. The molecule has 9 heteroatoms. The number of hydrogen-bond acceptors (Lipinski definition) is 6. The molecule has 26 heavy (non-hydrogen) atoms. The Labute approximate surface area is 153 Å². The fourth-order valence-corrected chi connectivity index (χ4v) is 3.89. The molecule has 2 aromatic heterocycles. The summed E-state index contributed by atoms with van der Waals surface area (Å²) in [6.07, 6.45) is 3.25. The molecule has 3 aromatic rings. The lowest BCUT2D eigenvalue weighted by Crippen LogP contribution is -2.42. The van der Waals surface area contributed by atoms with Crippen molar-refractivity contribution in [3.05, 3.63) is 36.3 Å². The van der Waals surface area contributed by atoms with Gasteiger partial charge in [-0.3, -0.25) is 0 Å². The molecule has 3 heterocycles. The van der Waals surface area contributed by atoms with E-state index in [4.69, 9.17) is 4.74 Å². The molecule has 0 aliphatic carbocycles. The standard InChI is InChI=1S/C17H18FN5O2S/c1-25-17(24)22-8-6-13(7-9-22)19-15-21-23-10-14(20-16(23)26-15)11-2-4-12(18)5-3-11/h2-5,10,13H,6-9H2,1H3,(H,19,21). The van der Waals surface area contributed by atoms with Crippen LogP contribution in [0.1, 0.15) is 12.8 Å². The number of carbonyl (C=O) groups excluding carboxylic acids is 1. The highest BCUT2D eigenvalue weighted by Crippen LogP contribution is 2.26. The van der Waals surface area contributed by atoms with E-state index in [0.717, 1.165) is 34.2 Å². The lowest BCUT2D eigenvalue weighted by Gasteiger charge is -2.31. The van der Waals surface area contributed by atoms with E-state index in [9.17, 15) is 9.18 Å². The number of carbonyl (C=O) groups is 1. The van der Waals surface area contributed by atoms with Crippen molar-refractivity contribution in [3.63, 3.8) is 0 Å². The van der Waals surface area contributed by atoms with E-state index < -0.39 is 0 Å². The third kappa shape index (κ3) is 3.34. The van der Waals surface area contributed by atoms with E-state index in [0.29, 0.717) is 13.1 Å². The predicted molar refractivity (Wildman–Crippen MR) is 96.9 cm³/mol. The minimum Gasteiger partial charge on any atom is -0.453 e. The third-order valence-corrected chi connectivity index (χ3v) is 5.29. The molecule has 1 aliphatic rings. The molecule has 0 radical (unpaired) electrons. The molecule has 1 aliphatic heterocycles. The Morgan fingerprint density at radius 2 is 2.04 bits per heavy atom. The third-order valence-electron chi connectivity index (χ3n) is 4.44. The van der Waals surface area contributed by atoms with Crippen LogP contribution in [0, 0.1) is 5.82 Å². The highest BCUT2D eigenvalue weighted by Gasteiger charge is 2.24. The van der Waals surface area contributed by atoms with Crippen LogP contribution >= 0.6 is 11.3 Å². The number of aromatic nitrogens is 3. The van der Waals surface area contributed by atoms with Gasteiger partial charge in [-0.1, -0.05) is 11.3 Å². The normalized spacial score (nSPS) is 15.4. The van der Waals surface area contributed by atoms with Crippen LogP contribution in [-0.4, -0.2) is 51.8 Å². The van der Waals surface area contributed by atoms with Gasteiger partial charge in [0.1, 0.15) is 5.82 Å². The largest absolute Gasteiger partial charge is 0.453 e. The summed E-state index contributed by atoms with van der Waals surface area (Å²) in [5, 5.41) is 8.74. The number of likely N-dealkylation sites (tertiary alicyclic amines) is 1. The molecule has 7 nitrogen and oxygen atoms in total. The number of hydrogen-bond donors (Lipinski definition) is 1. The number of rotatable bonds is 3. The Hall–Kier alpha value is -2.68. The molecule has 136 valence electrons.